The molecule has 2 rings (SSSR count). The smallest absolute Gasteiger partial charge is 0.252 e. The molecule has 0 aliphatic rings. The molecule has 2 N–H and O–H groups in total. The molecule has 2 aromatic carbocycles. The van der Waals surface area contributed by atoms with Crippen molar-refractivity contribution >= 4 is 5.91 Å². The lowest BCUT2D eigenvalue weighted by Crippen LogP contribution is -2.16. The number of hydrogen-bond acceptors (Lipinski definition) is 4. The molecule has 0 fully saturated rings. The van der Waals surface area contributed by atoms with Crippen LogP contribution in [0, 0.1) is 0 Å². The molecule has 5 heteroatoms. The minimum Gasteiger partial charge on any atom is -0.493 e. The summed E-state index contributed by atoms with van der Waals surface area (Å²) in [5.41, 5.74) is 5.61. The van der Waals surface area contributed by atoms with E-state index in [1.165, 1.54) is 7.11 Å². The Kier molecular flexibility index (Phi) is 5.04. The molecule has 0 saturated heterocycles. The van der Waals surface area contributed by atoms with Gasteiger partial charge in [-0.05, 0) is 24.3 Å². The molecule has 1 amide bonds. The summed E-state index contributed by atoms with van der Waals surface area (Å²) in [4.78, 5) is 11.4. The third-order valence-electron chi connectivity index (χ3n) is 2.81. The fourth-order valence-corrected chi connectivity index (χ4v) is 1.84. The predicted molar refractivity (Wildman–Crippen MR) is 78.9 cm³/mol. The number of para-hydroxylation sites is 2. The van der Waals surface area contributed by atoms with Crippen LogP contribution < -0.4 is 19.9 Å². The van der Waals surface area contributed by atoms with Crippen LogP contribution in [0.25, 0.3) is 0 Å². The van der Waals surface area contributed by atoms with Crippen LogP contribution in [0.15, 0.2) is 48.5 Å². The summed E-state index contributed by atoms with van der Waals surface area (Å²) in [5, 5.41) is 0. The lowest BCUT2D eigenvalue weighted by Gasteiger charge is -2.13. The maximum atomic E-state index is 11.4. The minimum absolute atomic E-state index is 0.273. The van der Waals surface area contributed by atoms with Crippen molar-refractivity contribution in [1.82, 2.24) is 0 Å². The van der Waals surface area contributed by atoms with Gasteiger partial charge in [0, 0.05) is 0 Å². The van der Waals surface area contributed by atoms with Crippen molar-refractivity contribution in [2.24, 2.45) is 5.73 Å². The molecule has 21 heavy (non-hydrogen) atoms. The second-order valence-corrected chi connectivity index (χ2v) is 4.21. The van der Waals surface area contributed by atoms with Gasteiger partial charge in [-0.3, -0.25) is 4.79 Å². The molecule has 0 bridgehead atoms. The van der Waals surface area contributed by atoms with Gasteiger partial charge in [-0.1, -0.05) is 24.3 Å². The van der Waals surface area contributed by atoms with Crippen molar-refractivity contribution in [3.05, 3.63) is 54.1 Å². The van der Waals surface area contributed by atoms with Crippen molar-refractivity contribution in [2.45, 2.75) is 0 Å². The molecule has 0 atom stereocenters. The van der Waals surface area contributed by atoms with Crippen molar-refractivity contribution in [1.29, 1.82) is 0 Å². The maximum absolute atomic E-state index is 11.4. The molecular weight excluding hydrogens is 270 g/mol. The van der Waals surface area contributed by atoms with Crippen molar-refractivity contribution in [3.8, 4) is 17.2 Å². The molecule has 110 valence electrons. The largest absolute Gasteiger partial charge is 0.493 e. The number of benzene rings is 2. The highest BCUT2D eigenvalue weighted by Crippen LogP contribution is 2.30. The van der Waals surface area contributed by atoms with Crippen LogP contribution in [0.4, 0.5) is 0 Å². The van der Waals surface area contributed by atoms with Crippen molar-refractivity contribution in [2.75, 3.05) is 20.3 Å². The van der Waals surface area contributed by atoms with Gasteiger partial charge in [0.25, 0.3) is 5.91 Å². The molecule has 0 spiro atoms. The fraction of sp³-hybridized carbons (Fsp3) is 0.188. The number of rotatable bonds is 7. The molecule has 0 unspecified atom stereocenters. The van der Waals surface area contributed by atoms with E-state index in [0.717, 1.165) is 5.75 Å². The number of hydrogen-bond donors (Lipinski definition) is 1. The first kappa shape index (κ1) is 14.7. The Bertz CT molecular complexity index is 598. The molecule has 0 aromatic heterocycles. The van der Waals surface area contributed by atoms with Crippen LogP contribution in [0.5, 0.6) is 17.2 Å². The Morgan fingerprint density at radius 2 is 1.71 bits per heavy atom. The normalized spacial score (nSPS) is 9.95. The SMILES string of the molecule is COc1cccc(C(N)=O)c1OCCOc1ccccc1. The predicted octanol–water partition coefficient (Wildman–Crippen LogP) is 2.25. The maximum Gasteiger partial charge on any atom is 0.252 e. The summed E-state index contributed by atoms with van der Waals surface area (Å²) in [5.74, 6) is 0.999. The van der Waals surface area contributed by atoms with E-state index < -0.39 is 5.91 Å². The summed E-state index contributed by atoms with van der Waals surface area (Å²) in [6.07, 6.45) is 0. The topological polar surface area (TPSA) is 70.8 Å². The molecule has 0 radical (unpaired) electrons. The molecule has 0 aliphatic carbocycles. The van der Waals surface area contributed by atoms with Crippen LogP contribution >= 0.6 is 0 Å². The third-order valence-corrected chi connectivity index (χ3v) is 2.81. The van der Waals surface area contributed by atoms with E-state index in [2.05, 4.69) is 0 Å². The highest BCUT2D eigenvalue weighted by atomic mass is 16.5. The second kappa shape index (κ2) is 7.19. The Morgan fingerprint density at radius 1 is 1.00 bits per heavy atom. The number of nitrogens with two attached hydrogens (primary N) is 1. The van der Waals surface area contributed by atoms with Gasteiger partial charge in [-0.2, -0.15) is 0 Å². The minimum atomic E-state index is -0.562. The van der Waals surface area contributed by atoms with Crippen molar-refractivity contribution in [3.63, 3.8) is 0 Å². The van der Waals surface area contributed by atoms with Crippen LogP contribution in [-0.4, -0.2) is 26.2 Å². The second-order valence-electron chi connectivity index (χ2n) is 4.21. The summed E-state index contributed by atoms with van der Waals surface area (Å²) >= 11 is 0. The zero-order valence-corrected chi connectivity index (χ0v) is 11.7. The number of methoxy groups -OCH3 is 1. The average molecular weight is 287 g/mol. The molecule has 5 nitrogen and oxygen atoms in total. The van der Waals surface area contributed by atoms with E-state index in [-0.39, 0.29) is 12.2 Å². The van der Waals surface area contributed by atoms with Gasteiger partial charge in [0.2, 0.25) is 0 Å². The zero-order chi connectivity index (χ0) is 15.1. The highest BCUT2D eigenvalue weighted by Gasteiger charge is 2.14. The standard InChI is InChI=1S/C16H17NO4/c1-19-14-9-5-8-13(16(17)18)15(14)21-11-10-20-12-6-3-2-4-7-12/h2-9H,10-11H2,1H3,(H2,17,18). The molecular formula is C16H17NO4. The van der Waals surface area contributed by atoms with Crippen LogP contribution in [0.1, 0.15) is 10.4 Å². The van der Waals surface area contributed by atoms with Gasteiger partial charge < -0.3 is 19.9 Å². The van der Waals surface area contributed by atoms with Gasteiger partial charge in [0.1, 0.15) is 19.0 Å². The molecule has 0 heterocycles. The van der Waals surface area contributed by atoms with Crippen molar-refractivity contribution < 1.29 is 19.0 Å². The lowest BCUT2D eigenvalue weighted by molar-refractivity contribution is 0.0994. The number of carbonyl (C=O) groups is 1. The van der Waals surface area contributed by atoms with Gasteiger partial charge >= 0.3 is 0 Å². The molecule has 2 aromatic rings. The van der Waals surface area contributed by atoms with Gasteiger partial charge in [-0.15, -0.1) is 0 Å². The third kappa shape index (κ3) is 3.89. The zero-order valence-electron chi connectivity index (χ0n) is 11.7. The summed E-state index contributed by atoms with van der Waals surface area (Å²) in [7, 11) is 1.51. The van der Waals surface area contributed by atoms with Crippen LogP contribution in [0.2, 0.25) is 0 Å². The molecule has 0 aliphatic heterocycles. The average Bonchev–Trinajstić information content (AvgIpc) is 2.52. The highest BCUT2D eigenvalue weighted by molar-refractivity contribution is 5.96. The number of amides is 1. The molecule has 0 saturated carbocycles. The van der Waals surface area contributed by atoms with Gasteiger partial charge in [0.05, 0.1) is 12.7 Å². The van der Waals surface area contributed by atoms with Crippen LogP contribution in [0.3, 0.4) is 0 Å². The van der Waals surface area contributed by atoms with E-state index in [1.54, 1.807) is 18.2 Å². The first-order valence-corrected chi connectivity index (χ1v) is 6.50. The lowest BCUT2D eigenvalue weighted by atomic mass is 10.2. The number of ether oxygens (including phenoxy) is 3. The summed E-state index contributed by atoms with van der Waals surface area (Å²) in [6.45, 7) is 0.621. The van der Waals surface area contributed by atoms with E-state index in [0.29, 0.717) is 18.1 Å². The Hall–Kier alpha value is -2.69. The Labute approximate surface area is 123 Å². The Balaban J connectivity index is 1.98. The summed E-state index contributed by atoms with van der Waals surface area (Å²) < 4.78 is 16.3. The van der Waals surface area contributed by atoms with Gasteiger partial charge in [0.15, 0.2) is 11.5 Å². The summed E-state index contributed by atoms with van der Waals surface area (Å²) in [6, 6.07) is 14.4. The first-order valence-electron chi connectivity index (χ1n) is 6.50. The number of carbonyl (C=O) groups excluding carboxylic acids is 1. The van der Waals surface area contributed by atoms with E-state index in [1.807, 2.05) is 30.3 Å². The Morgan fingerprint density at radius 3 is 2.38 bits per heavy atom. The van der Waals surface area contributed by atoms with E-state index in [4.69, 9.17) is 19.9 Å². The fourth-order valence-electron chi connectivity index (χ4n) is 1.84. The van der Waals surface area contributed by atoms with E-state index in [9.17, 15) is 4.79 Å². The number of primary amides is 1. The quantitative estimate of drug-likeness (QED) is 0.793. The monoisotopic (exact) mass is 287 g/mol. The van der Waals surface area contributed by atoms with Crippen LogP contribution in [-0.2, 0) is 0 Å². The first-order chi connectivity index (χ1) is 10.2. The van der Waals surface area contributed by atoms with E-state index >= 15 is 0 Å². The van der Waals surface area contributed by atoms with Gasteiger partial charge in [-0.25, -0.2) is 0 Å².